The van der Waals surface area contributed by atoms with E-state index < -0.39 is 0 Å². The molecule has 1 fully saturated rings. The molecule has 1 saturated heterocycles. The monoisotopic (exact) mass is 359 g/mol. The van der Waals surface area contributed by atoms with E-state index in [1.54, 1.807) is 18.3 Å². The molecule has 130 valence electrons. The van der Waals surface area contributed by atoms with Crippen LogP contribution in [0, 0.1) is 0 Å². The number of anilines is 1. The third-order valence-corrected chi connectivity index (χ3v) is 4.54. The molecule has 1 aliphatic rings. The van der Waals surface area contributed by atoms with Gasteiger partial charge in [-0.25, -0.2) is 4.98 Å². The normalized spacial score (nSPS) is 16.6. The summed E-state index contributed by atoms with van der Waals surface area (Å²) in [4.78, 5) is 26.7. The number of hydrogen-bond donors (Lipinski definition) is 3. The fourth-order valence-electron chi connectivity index (χ4n) is 2.33. The molecule has 1 aromatic carbocycles. The van der Waals surface area contributed by atoms with Gasteiger partial charge >= 0.3 is 0 Å². The van der Waals surface area contributed by atoms with Crippen LogP contribution in [-0.4, -0.2) is 39.6 Å². The van der Waals surface area contributed by atoms with Gasteiger partial charge in [0.15, 0.2) is 11.6 Å². The molecule has 0 saturated carbocycles. The lowest BCUT2D eigenvalue weighted by Gasteiger charge is -2.10. The van der Waals surface area contributed by atoms with Crippen molar-refractivity contribution < 1.29 is 19.4 Å². The second kappa shape index (κ2) is 7.89. The average molecular weight is 359 g/mol. The van der Waals surface area contributed by atoms with E-state index in [9.17, 15) is 14.7 Å². The molecule has 25 heavy (non-hydrogen) atoms. The zero-order chi connectivity index (χ0) is 17.6. The van der Waals surface area contributed by atoms with E-state index in [0.29, 0.717) is 31.1 Å². The van der Waals surface area contributed by atoms with Crippen molar-refractivity contribution in [2.24, 2.45) is 0 Å². The van der Waals surface area contributed by atoms with Crippen LogP contribution < -0.4 is 15.4 Å². The van der Waals surface area contributed by atoms with E-state index >= 15 is 0 Å². The Bertz CT molecular complexity index is 767. The lowest BCUT2D eigenvalue weighted by atomic mass is 10.1. The third-order valence-electron chi connectivity index (χ3n) is 3.56. The van der Waals surface area contributed by atoms with Crippen molar-refractivity contribution in [1.29, 1.82) is 0 Å². The number of benzene rings is 1. The Morgan fingerprint density at radius 2 is 2.04 bits per heavy atom. The maximum absolute atomic E-state index is 11.6. The number of carbonyl (C=O) groups is 2. The number of aromatic nitrogens is 1. The van der Waals surface area contributed by atoms with Gasteiger partial charge in [-0.1, -0.05) is 23.9 Å². The molecule has 1 aliphatic heterocycles. The molecule has 1 atom stereocenters. The van der Waals surface area contributed by atoms with Crippen molar-refractivity contribution in [3.63, 3.8) is 0 Å². The van der Waals surface area contributed by atoms with E-state index in [1.807, 2.05) is 24.3 Å². The van der Waals surface area contributed by atoms with Gasteiger partial charge in [0.25, 0.3) is 5.24 Å². The van der Waals surface area contributed by atoms with Gasteiger partial charge in [-0.2, -0.15) is 0 Å². The quantitative estimate of drug-likeness (QED) is 0.651. The Morgan fingerprint density at radius 3 is 2.72 bits per heavy atom. The van der Waals surface area contributed by atoms with E-state index in [1.165, 1.54) is 0 Å². The number of hydrogen-bond acceptors (Lipinski definition) is 7. The van der Waals surface area contributed by atoms with E-state index in [-0.39, 0.29) is 22.1 Å². The summed E-state index contributed by atoms with van der Waals surface area (Å²) >= 11 is 1.02. The van der Waals surface area contributed by atoms with Gasteiger partial charge in [0.05, 0.1) is 11.8 Å². The standard InChI is InChI=1S/C17H17N3O4S/c21-13-2-1-7-18-15(13)19-8-9-24-12-5-3-11(4-6-12)10-14-16(22)20-17(23)25-14/h1-7,14,21H,8-10H2,(H,18,19)(H,20,22,23). The summed E-state index contributed by atoms with van der Waals surface area (Å²) in [6, 6.07) is 10.6. The molecule has 3 N–H and O–H groups in total. The van der Waals surface area contributed by atoms with Gasteiger partial charge in [-0.3, -0.25) is 14.9 Å². The number of nitrogens with zero attached hydrogens (tertiary/aromatic N) is 1. The van der Waals surface area contributed by atoms with Crippen molar-refractivity contribution in [2.75, 3.05) is 18.5 Å². The van der Waals surface area contributed by atoms with Crippen LogP contribution >= 0.6 is 11.8 Å². The maximum atomic E-state index is 11.6. The molecule has 3 rings (SSSR count). The molecular formula is C17H17N3O4S. The van der Waals surface area contributed by atoms with Crippen LogP contribution in [0.15, 0.2) is 42.6 Å². The van der Waals surface area contributed by atoms with Crippen LogP contribution in [0.5, 0.6) is 11.5 Å². The molecule has 2 amide bonds. The van der Waals surface area contributed by atoms with Crippen molar-refractivity contribution in [2.45, 2.75) is 11.7 Å². The van der Waals surface area contributed by atoms with Crippen molar-refractivity contribution in [3.8, 4) is 11.5 Å². The predicted octanol–water partition coefficient (Wildman–Crippen LogP) is 2.17. The minimum Gasteiger partial charge on any atom is -0.504 e. The second-order valence-corrected chi connectivity index (χ2v) is 6.55. The number of amides is 2. The predicted molar refractivity (Wildman–Crippen MR) is 95.0 cm³/mol. The molecule has 1 unspecified atom stereocenters. The first-order valence-corrected chi connectivity index (χ1v) is 8.61. The zero-order valence-corrected chi connectivity index (χ0v) is 14.1. The zero-order valence-electron chi connectivity index (χ0n) is 13.3. The fraction of sp³-hybridized carbons (Fsp3) is 0.235. The van der Waals surface area contributed by atoms with Crippen LogP contribution in [0.1, 0.15) is 5.56 Å². The molecule has 7 nitrogen and oxygen atoms in total. The second-order valence-electron chi connectivity index (χ2n) is 5.38. The largest absolute Gasteiger partial charge is 0.504 e. The van der Waals surface area contributed by atoms with Gasteiger partial charge in [-0.15, -0.1) is 0 Å². The highest BCUT2D eigenvalue weighted by Crippen LogP contribution is 2.24. The number of rotatable bonds is 7. The highest BCUT2D eigenvalue weighted by atomic mass is 32.2. The minimum absolute atomic E-state index is 0.0964. The van der Waals surface area contributed by atoms with Crippen LogP contribution in [0.25, 0.3) is 0 Å². The number of thioether (sulfide) groups is 1. The van der Waals surface area contributed by atoms with Gasteiger partial charge in [0.1, 0.15) is 12.4 Å². The van der Waals surface area contributed by atoms with Gasteiger partial charge in [-0.05, 0) is 36.2 Å². The Kier molecular flexibility index (Phi) is 5.39. The molecule has 0 aliphatic carbocycles. The van der Waals surface area contributed by atoms with Crippen molar-refractivity contribution >= 4 is 28.7 Å². The SMILES string of the molecule is O=C1NC(=O)C(Cc2ccc(OCCNc3ncccc3O)cc2)S1. The topological polar surface area (TPSA) is 101 Å². The molecule has 1 aromatic heterocycles. The van der Waals surface area contributed by atoms with Crippen LogP contribution in [0.3, 0.4) is 0 Å². The number of imide groups is 1. The average Bonchev–Trinajstić information content (AvgIpc) is 2.92. The van der Waals surface area contributed by atoms with Gasteiger partial charge in [0.2, 0.25) is 5.91 Å². The Labute approximate surface area is 148 Å². The first-order chi connectivity index (χ1) is 12.1. The van der Waals surface area contributed by atoms with E-state index in [0.717, 1.165) is 17.3 Å². The Balaban J connectivity index is 1.44. The number of aromatic hydroxyl groups is 1. The highest BCUT2D eigenvalue weighted by molar-refractivity contribution is 8.15. The Morgan fingerprint density at radius 1 is 1.24 bits per heavy atom. The van der Waals surface area contributed by atoms with Crippen LogP contribution in [0.4, 0.5) is 10.6 Å². The van der Waals surface area contributed by atoms with Crippen molar-refractivity contribution in [1.82, 2.24) is 10.3 Å². The fourth-order valence-corrected chi connectivity index (χ4v) is 3.19. The van der Waals surface area contributed by atoms with Gasteiger partial charge < -0.3 is 15.2 Å². The number of nitrogens with one attached hydrogen (secondary N) is 2. The summed E-state index contributed by atoms with van der Waals surface area (Å²) in [5, 5.41) is 14.2. The number of carbonyl (C=O) groups excluding carboxylic acids is 2. The van der Waals surface area contributed by atoms with Gasteiger partial charge in [0, 0.05) is 6.20 Å². The molecule has 2 aromatic rings. The summed E-state index contributed by atoms with van der Waals surface area (Å²) in [5.74, 6) is 0.983. The van der Waals surface area contributed by atoms with E-state index in [2.05, 4.69) is 15.6 Å². The molecule has 0 radical (unpaired) electrons. The molecule has 2 heterocycles. The summed E-state index contributed by atoms with van der Waals surface area (Å²) in [5.41, 5.74) is 0.964. The summed E-state index contributed by atoms with van der Waals surface area (Å²) in [6.45, 7) is 0.901. The number of pyridine rings is 1. The molecule has 0 spiro atoms. The van der Waals surface area contributed by atoms with E-state index in [4.69, 9.17) is 4.74 Å². The first kappa shape index (κ1) is 17.1. The lowest BCUT2D eigenvalue weighted by molar-refractivity contribution is -0.118. The summed E-state index contributed by atoms with van der Waals surface area (Å²) in [7, 11) is 0. The molecular weight excluding hydrogens is 342 g/mol. The minimum atomic E-state index is -0.366. The van der Waals surface area contributed by atoms with Crippen LogP contribution in [0.2, 0.25) is 0 Å². The summed E-state index contributed by atoms with van der Waals surface area (Å²) < 4.78 is 5.62. The maximum Gasteiger partial charge on any atom is 0.286 e. The first-order valence-electron chi connectivity index (χ1n) is 7.73. The summed E-state index contributed by atoms with van der Waals surface area (Å²) in [6.07, 6.45) is 2.10. The smallest absolute Gasteiger partial charge is 0.286 e. The van der Waals surface area contributed by atoms with Crippen molar-refractivity contribution in [3.05, 3.63) is 48.2 Å². The number of ether oxygens (including phenoxy) is 1. The lowest BCUT2D eigenvalue weighted by Crippen LogP contribution is -2.25. The third kappa shape index (κ3) is 4.63. The molecule has 0 bridgehead atoms. The Hall–Kier alpha value is -2.74. The molecule has 8 heteroatoms. The highest BCUT2D eigenvalue weighted by Gasteiger charge is 2.31. The van der Waals surface area contributed by atoms with Crippen LogP contribution in [-0.2, 0) is 11.2 Å².